The number of halogens is 1. The van der Waals surface area contributed by atoms with Crippen molar-refractivity contribution >= 4 is 36.0 Å². The lowest BCUT2D eigenvalue weighted by atomic mass is 9.83. The lowest BCUT2D eigenvalue weighted by Gasteiger charge is -2.27. The highest BCUT2D eigenvalue weighted by atomic mass is 127. The first-order chi connectivity index (χ1) is 13.1. The standard InChI is InChI=1S/C20H38N4O3.HI/c1-4-21-18(23-15-20(12-13-26-3)10-6-7-11-20)22-14-17(16-8-9-16)24-19(25)27-5-2;/h16-17H,4-15H2,1-3H3,(H,24,25)(H2,21,22,23);1H. The molecule has 1 unspecified atom stereocenters. The van der Waals surface area contributed by atoms with Crippen LogP contribution in [0.15, 0.2) is 4.99 Å². The number of ether oxygens (including phenoxy) is 2. The molecule has 0 radical (unpaired) electrons. The predicted molar refractivity (Wildman–Crippen MR) is 123 cm³/mol. The van der Waals surface area contributed by atoms with Crippen molar-refractivity contribution in [1.82, 2.24) is 16.0 Å². The van der Waals surface area contributed by atoms with E-state index >= 15 is 0 Å². The highest BCUT2D eigenvalue weighted by Crippen LogP contribution is 2.41. The van der Waals surface area contributed by atoms with Crippen LogP contribution in [0.25, 0.3) is 0 Å². The van der Waals surface area contributed by atoms with Crippen molar-refractivity contribution in [2.24, 2.45) is 16.3 Å². The van der Waals surface area contributed by atoms with Gasteiger partial charge in [-0.3, -0.25) is 4.99 Å². The molecule has 2 aliphatic carbocycles. The van der Waals surface area contributed by atoms with Crippen LogP contribution in [0.2, 0.25) is 0 Å². The molecule has 7 nitrogen and oxygen atoms in total. The molecule has 28 heavy (non-hydrogen) atoms. The van der Waals surface area contributed by atoms with Gasteiger partial charge in [0.05, 0.1) is 12.6 Å². The van der Waals surface area contributed by atoms with E-state index in [-0.39, 0.29) is 41.5 Å². The number of guanidine groups is 1. The average molecular weight is 510 g/mol. The number of nitrogens with zero attached hydrogens (tertiary/aromatic N) is 1. The maximum Gasteiger partial charge on any atom is 0.407 e. The van der Waals surface area contributed by atoms with Crippen LogP contribution >= 0.6 is 24.0 Å². The molecule has 8 heteroatoms. The summed E-state index contributed by atoms with van der Waals surface area (Å²) in [7, 11) is 1.77. The second-order valence-corrected chi connectivity index (χ2v) is 7.83. The van der Waals surface area contributed by atoms with Crippen molar-refractivity contribution in [3.8, 4) is 0 Å². The lowest BCUT2D eigenvalue weighted by Crippen LogP contribution is -2.48. The van der Waals surface area contributed by atoms with E-state index in [0.717, 1.165) is 44.9 Å². The van der Waals surface area contributed by atoms with Gasteiger partial charge < -0.3 is 25.4 Å². The van der Waals surface area contributed by atoms with Gasteiger partial charge in [-0.05, 0) is 57.3 Å². The molecule has 2 fully saturated rings. The Morgan fingerprint density at radius 3 is 2.50 bits per heavy atom. The molecule has 164 valence electrons. The van der Waals surface area contributed by atoms with Gasteiger partial charge in [0, 0.05) is 33.4 Å². The molecule has 3 N–H and O–H groups in total. The summed E-state index contributed by atoms with van der Waals surface area (Å²) in [5.41, 5.74) is 0.275. The number of hydrogen-bond acceptors (Lipinski definition) is 4. The monoisotopic (exact) mass is 510 g/mol. The van der Waals surface area contributed by atoms with Crippen LogP contribution in [-0.4, -0.2) is 58.1 Å². The van der Waals surface area contributed by atoms with Crippen molar-refractivity contribution < 1.29 is 14.3 Å². The van der Waals surface area contributed by atoms with Gasteiger partial charge in [0.1, 0.15) is 0 Å². The summed E-state index contributed by atoms with van der Waals surface area (Å²) >= 11 is 0. The highest BCUT2D eigenvalue weighted by molar-refractivity contribution is 14.0. The van der Waals surface area contributed by atoms with E-state index in [4.69, 9.17) is 14.5 Å². The van der Waals surface area contributed by atoms with E-state index in [9.17, 15) is 4.79 Å². The van der Waals surface area contributed by atoms with Gasteiger partial charge in [0.25, 0.3) is 0 Å². The zero-order chi connectivity index (χ0) is 19.5. The summed E-state index contributed by atoms with van der Waals surface area (Å²) < 4.78 is 10.4. The Morgan fingerprint density at radius 2 is 1.93 bits per heavy atom. The smallest absolute Gasteiger partial charge is 0.407 e. The van der Waals surface area contributed by atoms with Gasteiger partial charge >= 0.3 is 6.09 Å². The molecule has 0 heterocycles. The Hall–Kier alpha value is -0.770. The summed E-state index contributed by atoms with van der Waals surface area (Å²) in [4.78, 5) is 16.7. The maximum atomic E-state index is 11.8. The second kappa shape index (κ2) is 13.5. The molecule has 0 aromatic carbocycles. The normalized spacial score (nSPS) is 19.5. The third-order valence-electron chi connectivity index (χ3n) is 5.68. The van der Waals surface area contributed by atoms with E-state index in [1.165, 1.54) is 25.7 Å². The number of amides is 1. The molecule has 0 aromatic heterocycles. The number of hydrogen-bond donors (Lipinski definition) is 3. The van der Waals surface area contributed by atoms with Crippen molar-refractivity contribution in [3.05, 3.63) is 0 Å². The number of alkyl carbamates (subject to hydrolysis) is 1. The van der Waals surface area contributed by atoms with Crippen molar-refractivity contribution in [3.63, 3.8) is 0 Å². The Morgan fingerprint density at radius 1 is 1.21 bits per heavy atom. The summed E-state index contributed by atoms with van der Waals surface area (Å²) in [5.74, 6) is 1.37. The number of carbonyl (C=O) groups is 1. The number of nitrogens with one attached hydrogen (secondary N) is 3. The van der Waals surface area contributed by atoms with Crippen molar-refractivity contribution in [1.29, 1.82) is 0 Å². The highest BCUT2D eigenvalue weighted by Gasteiger charge is 2.34. The largest absolute Gasteiger partial charge is 0.450 e. The molecule has 2 aliphatic rings. The molecule has 2 saturated carbocycles. The first-order valence-electron chi connectivity index (χ1n) is 10.6. The molecule has 0 aromatic rings. The average Bonchev–Trinajstić information content (AvgIpc) is 3.40. The third-order valence-corrected chi connectivity index (χ3v) is 5.68. The summed E-state index contributed by atoms with van der Waals surface area (Å²) in [6.45, 7) is 7.39. The Kier molecular flexibility index (Phi) is 12.1. The molecule has 0 aliphatic heterocycles. The zero-order valence-electron chi connectivity index (χ0n) is 17.7. The van der Waals surface area contributed by atoms with Crippen LogP contribution in [0.4, 0.5) is 4.79 Å². The van der Waals surface area contributed by atoms with Crippen LogP contribution < -0.4 is 16.0 Å². The lowest BCUT2D eigenvalue weighted by molar-refractivity contribution is 0.141. The van der Waals surface area contributed by atoms with Gasteiger partial charge in [0.15, 0.2) is 5.96 Å². The molecule has 2 rings (SSSR count). The van der Waals surface area contributed by atoms with Gasteiger partial charge in [-0.25, -0.2) is 4.79 Å². The van der Waals surface area contributed by atoms with Gasteiger partial charge in [-0.15, -0.1) is 24.0 Å². The SMILES string of the molecule is CCNC(=NCC1(CCOC)CCCC1)NCC(NC(=O)OCC)C1CC1.I. The van der Waals surface area contributed by atoms with Gasteiger partial charge in [-0.2, -0.15) is 0 Å². The van der Waals surface area contributed by atoms with E-state index < -0.39 is 0 Å². The van der Waals surface area contributed by atoms with Crippen molar-refractivity contribution in [2.75, 3.05) is 40.0 Å². The number of methoxy groups -OCH3 is 1. The first kappa shape index (κ1) is 25.3. The van der Waals surface area contributed by atoms with Crippen molar-refractivity contribution in [2.45, 2.75) is 64.8 Å². The topological polar surface area (TPSA) is 84.0 Å². The third kappa shape index (κ3) is 8.71. The molecule has 1 amide bonds. The quantitative estimate of drug-likeness (QED) is 0.226. The molecule has 0 spiro atoms. The summed E-state index contributed by atoms with van der Waals surface area (Å²) in [6.07, 6.45) is 8.10. The minimum atomic E-state index is -0.331. The summed E-state index contributed by atoms with van der Waals surface area (Å²) in [5, 5.41) is 9.75. The molecule has 0 bridgehead atoms. The molecular weight excluding hydrogens is 471 g/mol. The van der Waals surface area contributed by atoms with E-state index in [1.807, 2.05) is 6.92 Å². The van der Waals surface area contributed by atoms with Crippen LogP contribution in [0.1, 0.15) is 58.8 Å². The zero-order valence-corrected chi connectivity index (χ0v) is 20.1. The van der Waals surface area contributed by atoms with Gasteiger partial charge in [0.2, 0.25) is 0 Å². The van der Waals surface area contributed by atoms with Crippen LogP contribution in [0.3, 0.4) is 0 Å². The molecular formula is C20H39IN4O3. The summed E-state index contributed by atoms with van der Waals surface area (Å²) in [6, 6.07) is 0.0850. The minimum absolute atomic E-state index is 0. The van der Waals surface area contributed by atoms with E-state index in [2.05, 4.69) is 22.9 Å². The molecule has 0 saturated heterocycles. The van der Waals surface area contributed by atoms with E-state index in [0.29, 0.717) is 19.1 Å². The number of rotatable bonds is 11. The molecule has 1 atom stereocenters. The number of aliphatic imine (C=N–C) groups is 1. The maximum absolute atomic E-state index is 11.8. The first-order valence-corrected chi connectivity index (χ1v) is 10.6. The number of carbonyl (C=O) groups excluding carboxylic acids is 1. The fourth-order valence-corrected chi connectivity index (χ4v) is 3.88. The minimum Gasteiger partial charge on any atom is -0.450 e. The van der Waals surface area contributed by atoms with Crippen LogP contribution in [0.5, 0.6) is 0 Å². The van der Waals surface area contributed by atoms with Gasteiger partial charge in [-0.1, -0.05) is 12.8 Å². The Balaban J connectivity index is 0.00000392. The fraction of sp³-hybridized carbons (Fsp3) is 0.900. The van der Waals surface area contributed by atoms with Crippen LogP contribution in [0, 0.1) is 11.3 Å². The Bertz CT molecular complexity index is 480. The van der Waals surface area contributed by atoms with Crippen LogP contribution in [-0.2, 0) is 9.47 Å². The van der Waals surface area contributed by atoms with E-state index in [1.54, 1.807) is 7.11 Å². The fourth-order valence-electron chi connectivity index (χ4n) is 3.88. The predicted octanol–water partition coefficient (Wildman–Crippen LogP) is 3.28. The second-order valence-electron chi connectivity index (χ2n) is 7.83. The Labute approximate surface area is 187 Å².